The Balaban J connectivity index is 2.69. The molecule has 0 saturated heterocycles. The normalized spacial score (nSPS) is 25.7. The molecule has 0 saturated carbocycles. The monoisotopic (exact) mass is 220 g/mol. The van der Waals surface area contributed by atoms with Crippen molar-refractivity contribution in [2.24, 2.45) is 0 Å². The number of hydrogen-bond acceptors (Lipinski definition) is 0. The summed E-state index contributed by atoms with van der Waals surface area (Å²) >= 11 is 1.28. The predicted octanol–water partition coefficient (Wildman–Crippen LogP) is 2.25. The number of hydrogen-bond donors (Lipinski definition) is 0. The van der Waals surface area contributed by atoms with Crippen molar-refractivity contribution in [1.29, 1.82) is 0 Å². The molecule has 0 spiro atoms. The van der Waals surface area contributed by atoms with Crippen LogP contribution < -0.4 is 0 Å². The van der Waals surface area contributed by atoms with E-state index in [0.717, 1.165) is 0 Å². The van der Waals surface area contributed by atoms with Crippen LogP contribution in [0.1, 0.15) is 0 Å². The minimum atomic E-state index is -3.18. The Morgan fingerprint density at radius 3 is 1.57 bits per heavy atom. The summed E-state index contributed by atoms with van der Waals surface area (Å²) < 4.78 is 33.9. The van der Waals surface area contributed by atoms with E-state index in [4.69, 9.17) is 0 Å². The lowest BCUT2D eigenvalue weighted by atomic mass is 10.7. The largest absolute Gasteiger partial charge is 0.333 e. The predicted molar refractivity (Wildman–Crippen MR) is 27.1 cm³/mol. The highest BCUT2D eigenvalue weighted by atomic mass is 127. The van der Waals surface area contributed by atoms with Gasteiger partial charge in [0.25, 0.3) is 0 Å². The van der Waals surface area contributed by atoms with Gasteiger partial charge in [0.1, 0.15) is 3.58 Å². The molecule has 0 aromatic carbocycles. The van der Waals surface area contributed by atoms with Crippen molar-refractivity contribution in [3.63, 3.8) is 0 Å². The van der Waals surface area contributed by atoms with E-state index >= 15 is 0 Å². The fraction of sp³-hybridized carbons (Fsp3) is 0.333. The first-order valence-corrected chi connectivity index (χ1v) is 2.58. The molecule has 0 N–H and O–H groups in total. The van der Waals surface area contributed by atoms with E-state index in [9.17, 15) is 13.2 Å². The highest BCUT2D eigenvalue weighted by Crippen LogP contribution is 2.53. The number of rotatable bonds is 0. The second-order valence-electron chi connectivity index (χ2n) is 1.20. The van der Waals surface area contributed by atoms with Crippen molar-refractivity contribution >= 4 is 22.6 Å². The van der Waals surface area contributed by atoms with Gasteiger partial charge in [-0.15, -0.1) is 0 Å². The second-order valence-corrected chi connectivity index (χ2v) is 2.28. The SMILES string of the molecule is FC1=C(I)C1(F)F. The first kappa shape index (κ1) is 5.40. The molecule has 4 heteroatoms. The lowest BCUT2D eigenvalue weighted by molar-refractivity contribution is 0.123. The molecule has 7 heavy (non-hydrogen) atoms. The quantitative estimate of drug-likeness (QED) is 0.549. The van der Waals surface area contributed by atoms with E-state index in [1.54, 1.807) is 0 Å². The third-order valence-corrected chi connectivity index (χ3v) is 1.83. The van der Waals surface area contributed by atoms with Crippen molar-refractivity contribution in [2.45, 2.75) is 5.92 Å². The molecule has 0 heterocycles. The molecule has 0 amide bonds. The van der Waals surface area contributed by atoms with Crippen molar-refractivity contribution in [2.75, 3.05) is 0 Å². The van der Waals surface area contributed by atoms with E-state index in [-0.39, 0.29) is 0 Å². The van der Waals surface area contributed by atoms with E-state index < -0.39 is 15.3 Å². The molecule has 1 rings (SSSR count). The van der Waals surface area contributed by atoms with Crippen LogP contribution in [0.4, 0.5) is 13.2 Å². The third kappa shape index (κ3) is 0.559. The Kier molecular flexibility index (Phi) is 0.889. The standard InChI is InChI=1S/C3F3I/c4-1-2(7)3(1,5)6. The molecule has 0 atom stereocenters. The zero-order chi connectivity index (χ0) is 5.65. The number of alkyl halides is 2. The molecule has 0 aromatic heterocycles. The van der Waals surface area contributed by atoms with Gasteiger partial charge < -0.3 is 0 Å². The van der Waals surface area contributed by atoms with E-state index in [1.807, 2.05) is 0 Å². The van der Waals surface area contributed by atoms with E-state index in [1.165, 1.54) is 22.6 Å². The average Bonchev–Trinajstić information content (AvgIpc) is 1.91. The van der Waals surface area contributed by atoms with Gasteiger partial charge in [0.15, 0.2) is 5.83 Å². The maximum Gasteiger partial charge on any atom is 0.333 e. The molecule has 0 fully saturated rings. The first-order chi connectivity index (χ1) is 3.07. The smallest absolute Gasteiger partial charge is 0.204 e. The van der Waals surface area contributed by atoms with E-state index in [2.05, 4.69) is 0 Å². The fourth-order valence-corrected chi connectivity index (χ4v) is 0.624. The molecule has 0 bridgehead atoms. The minimum absolute atomic E-state index is 0.454. The summed E-state index contributed by atoms with van der Waals surface area (Å²) in [4.78, 5) is 0. The molecule has 40 valence electrons. The van der Waals surface area contributed by atoms with Crippen LogP contribution in [-0.4, -0.2) is 5.92 Å². The van der Waals surface area contributed by atoms with Crippen molar-refractivity contribution < 1.29 is 13.2 Å². The summed E-state index contributed by atoms with van der Waals surface area (Å²) in [7, 11) is 0. The lowest BCUT2D eigenvalue weighted by Crippen LogP contribution is -1.91. The average molecular weight is 220 g/mol. The second kappa shape index (κ2) is 1.15. The fourth-order valence-electron chi connectivity index (χ4n) is 0.184. The molecule has 1 aliphatic rings. The van der Waals surface area contributed by atoms with Gasteiger partial charge in [0, 0.05) is 0 Å². The van der Waals surface area contributed by atoms with Crippen LogP contribution in [0.5, 0.6) is 0 Å². The Morgan fingerprint density at radius 1 is 1.43 bits per heavy atom. The van der Waals surface area contributed by atoms with Crippen LogP contribution >= 0.6 is 22.6 Å². The Labute approximate surface area is 51.5 Å². The van der Waals surface area contributed by atoms with Gasteiger partial charge in [-0.05, 0) is 22.6 Å². The van der Waals surface area contributed by atoms with Crippen LogP contribution in [0.15, 0.2) is 9.41 Å². The topological polar surface area (TPSA) is 0 Å². The first-order valence-electron chi connectivity index (χ1n) is 1.51. The van der Waals surface area contributed by atoms with Gasteiger partial charge >= 0.3 is 5.92 Å². The molecule has 0 radical (unpaired) electrons. The Bertz CT molecular complexity index is 123. The highest BCUT2D eigenvalue weighted by molar-refractivity contribution is 14.1. The maximum atomic E-state index is 11.5. The minimum Gasteiger partial charge on any atom is -0.204 e. The molecule has 1 aliphatic carbocycles. The van der Waals surface area contributed by atoms with Crippen LogP contribution in [-0.2, 0) is 0 Å². The molecular formula is C3F3I. The maximum absolute atomic E-state index is 11.5. The van der Waals surface area contributed by atoms with Crippen molar-refractivity contribution in [1.82, 2.24) is 0 Å². The summed E-state index contributed by atoms with van der Waals surface area (Å²) in [6.07, 6.45) is 0. The number of allylic oxidation sites excluding steroid dienone is 2. The van der Waals surface area contributed by atoms with Gasteiger partial charge in [0.2, 0.25) is 0 Å². The van der Waals surface area contributed by atoms with Crippen LogP contribution in [0, 0.1) is 0 Å². The number of halogens is 4. The van der Waals surface area contributed by atoms with Crippen LogP contribution in [0.3, 0.4) is 0 Å². The van der Waals surface area contributed by atoms with Crippen molar-refractivity contribution in [3.8, 4) is 0 Å². The van der Waals surface area contributed by atoms with Crippen LogP contribution in [0.25, 0.3) is 0 Å². The summed E-state index contributed by atoms with van der Waals surface area (Å²) in [5, 5.41) is 0. The molecule has 0 aliphatic heterocycles. The van der Waals surface area contributed by atoms with Crippen LogP contribution in [0.2, 0.25) is 0 Å². The molecular weight excluding hydrogens is 220 g/mol. The van der Waals surface area contributed by atoms with Gasteiger partial charge in [0.05, 0.1) is 0 Å². The Morgan fingerprint density at radius 2 is 1.57 bits per heavy atom. The summed E-state index contributed by atoms with van der Waals surface area (Å²) in [5.41, 5.74) is 0. The lowest BCUT2D eigenvalue weighted by Gasteiger charge is -1.83. The summed E-state index contributed by atoms with van der Waals surface area (Å²) in [5.74, 6) is -4.45. The third-order valence-electron chi connectivity index (χ3n) is 0.682. The van der Waals surface area contributed by atoms with Gasteiger partial charge in [-0.25, -0.2) is 4.39 Å². The van der Waals surface area contributed by atoms with E-state index in [0.29, 0.717) is 0 Å². The van der Waals surface area contributed by atoms with Gasteiger partial charge in [-0.1, -0.05) is 0 Å². The zero-order valence-electron chi connectivity index (χ0n) is 3.01. The molecule has 0 unspecified atom stereocenters. The summed E-state index contributed by atoms with van der Waals surface area (Å²) in [6, 6.07) is 0. The highest BCUT2D eigenvalue weighted by Gasteiger charge is 2.56. The molecule has 0 nitrogen and oxygen atoms in total. The summed E-state index contributed by atoms with van der Waals surface area (Å²) in [6.45, 7) is 0. The Hall–Kier alpha value is 0.260. The van der Waals surface area contributed by atoms with Gasteiger partial charge in [-0.2, -0.15) is 8.78 Å². The molecule has 0 aromatic rings. The van der Waals surface area contributed by atoms with Crippen molar-refractivity contribution in [3.05, 3.63) is 9.41 Å². The zero-order valence-corrected chi connectivity index (χ0v) is 5.17. The van der Waals surface area contributed by atoms with Gasteiger partial charge in [-0.3, -0.25) is 0 Å².